The van der Waals surface area contributed by atoms with Crippen LogP contribution in [-0.2, 0) is 55.6 Å². The van der Waals surface area contributed by atoms with Crippen LogP contribution in [0.15, 0.2) is 382 Å². The van der Waals surface area contributed by atoms with Gasteiger partial charge in [0.2, 0.25) is 0 Å². The van der Waals surface area contributed by atoms with Gasteiger partial charge in [0.15, 0.2) is 0 Å². The van der Waals surface area contributed by atoms with E-state index in [0.29, 0.717) is 5.57 Å². The normalized spacial score (nSPS) is 13.1. The van der Waals surface area contributed by atoms with Crippen molar-refractivity contribution in [1.82, 2.24) is 0 Å². The summed E-state index contributed by atoms with van der Waals surface area (Å²) >= 11 is 0. The topological polar surface area (TPSA) is 0 Å². The number of hydrogen-bond acceptors (Lipinski definition) is 0. The van der Waals surface area contributed by atoms with E-state index in [1.165, 1.54) is 92.9 Å². The van der Waals surface area contributed by atoms with Crippen molar-refractivity contribution in [3.63, 3.8) is 0 Å². The van der Waals surface area contributed by atoms with Crippen molar-refractivity contribution in [1.29, 1.82) is 0 Å². The SMILES string of the molecule is C=C/C=C\C=C\[PH+](c1ccccc1)c1cc2ccccc2cc1[PH+](c1ccccc1)c1ccccc1.[Au+].[Au+].[C-]#CC(=C)/C=C\C1=Cc2ccccc2C1(c1ccccc1)c1ccccc1.[C-]#Cc1ccc2c(c1)-c1ccccc1C2(c1ccccc1)c1ccccc1. The number of rotatable bonds is 14. The molecule has 0 amide bonds. The molecule has 0 nitrogen and oxygen atoms in total. The Kier molecular flexibility index (Phi) is 22.3. The molecule has 0 saturated carbocycles. The molecular formula is C88H66Au2P2+2. The Hall–Kier alpha value is -9.20. The van der Waals surface area contributed by atoms with Gasteiger partial charge in [-0.1, -0.05) is 286 Å². The molecule has 1 unspecified atom stereocenters. The van der Waals surface area contributed by atoms with Crippen LogP contribution < -0.4 is 26.5 Å². The van der Waals surface area contributed by atoms with Gasteiger partial charge in [0, 0.05) is 0 Å². The van der Waals surface area contributed by atoms with Crippen LogP contribution in [0.25, 0.3) is 28.0 Å². The maximum atomic E-state index is 7.57. The molecule has 2 aliphatic rings. The number of hydrogen-bond donors (Lipinski definition) is 0. The summed E-state index contributed by atoms with van der Waals surface area (Å²) in [6, 6.07) is 113. The van der Waals surface area contributed by atoms with Gasteiger partial charge < -0.3 is 12.8 Å². The Labute approximate surface area is 577 Å². The van der Waals surface area contributed by atoms with E-state index >= 15 is 0 Å². The van der Waals surface area contributed by atoms with Crippen molar-refractivity contribution in [2.75, 3.05) is 0 Å². The summed E-state index contributed by atoms with van der Waals surface area (Å²) in [5.74, 6) is 7.32. The first-order valence-corrected chi connectivity index (χ1v) is 33.4. The molecule has 14 rings (SSSR count). The number of benzene rings is 12. The van der Waals surface area contributed by atoms with Gasteiger partial charge in [-0.3, -0.25) is 11.8 Å². The van der Waals surface area contributed by atoms with Crippen LogP contribution in [0.2, 0.25) is 0 Å². The van der Waals surface area contributed by atoms with Crippen molar-refractivity contribution in [3.05, 3.63) is 445 Å². The predicted octanol–water partition coefficient (Wildman–Crippen LogP) is 18.9. The van der Waals surface area contributed by atoms with E-state index in [4.69, 9.17) is 12.8 Å². The Bertz CT molecular complexity index is 4580. The molecule has 12 aromatic carbocycles. The van der Waals surface area contributed by atoms with Gasteiger partial charge in [-0.05, 0) is 133 Å². The second kappa shape index (κ2) is 31.2. The van der Waals surface area contributed by atoms with Crippen molar-refractivity contribution in [2.45, 2.75) is 10.8 Å². The van der Waals surface area contributed by atoms with Gasteiger partial charge in [0.1, 0.15) is 34.4 Å². The molecule has 0 bridgehead atoms. The molecule has 0 N–H and O–H groups in total. The summed E-state index contributed by atoms with van der Waals surface area (Å²) in [7, 11) is -2.43. The summed E-state index contributed by atoms with van der Waals surface area (Å²) < 4.78 is 0. The average Bonchev–Trinajstić information content (AvgIpc) is 1.54. The molecule has 448 valence electrons. The van der Waals surface area contributed by atoms with Gasteiger partial charge >= 0.3 is 44.8 Å². The van der Waals surface area contributed by atoms with Crippen LogP contribution in [0.1, 0.15) is 50.1 Å². The van der Waals surface area contributed by atoms with Gasteiger partial charge in [-0.15, -0.1) is 29.3 Å². The zero-order valence-electron chi connectivity index (χ0n) is 50.7. The summed E-state index contributed by atoms with van der Waals surface area (Å²) in [6.45, 7) is 7.69. The maximum Gasteiger partial charge on any atom is 1.00 e. The first kappa shape index (κ1) is 65.7. The second-order valence-electron chi connectivity index (χ2n) is 22.2. The van der Waals surface area contributed by atoms with Gasteiger partial charge in [-0.25, -0.2) is 0 Å². The largest absolute Gasteiger partial charge is 1.00 e. The molecule has 0 saturated heterocycles. The minimum Gasteiger partial charge on any atom is -0.366 e. The van der Waals surface area contributed by atoms with Crippen molar-refractivity contribution in [2.24, 2.45) is 0 Å². The fourth-order valence-electron chi connectivity index (χ4n) is 13.1. The van der Waals surface area contributed by atoms with Gasteiger partial charge in [0.05, 0.1) is 24.6 Å². The van der Waals surface area contributed by atoms with Crippen LogP contribution in [0.4, 0.5) is 0 Å². The molecule has 0 fully saturated rings. The molecule has 0 aliphatic heterocycles. The van der Waals surface area contributed by atoms with Crippen LogP contribution in [0.5, 0.6) is 0 Å². The number of allylic oxidation sites excluding steroid dienone is 8. The second-order valence-corrected chi connectivity index (χ2v) is 26.9. The quantitative estimate of drug-likeness (QED) is 0.0335. The molecule has 0 heterocycles. The fraction of sp³-hybridized carbons (Fsp3) is 0.0227. The summed E-state index contributed by atoms with van der Waals surface area (Å²) in [4.78, 5) is 0. The molecule has 1 atom stereocenters. The van der Waals surface area contributed by atoms with E-state index in [2.05, 4.69) is 352 Å². The van der Waals surface area contributed by atoms with E-state index in [9.17, 15) is 0 Å². The summed E-state index contributed by atoms with van der Waals surface area (Å²) in [6.07, 6.45) is 29.2. The zero-order chi connectivity index (χ0) is 61.5. The molecule has 92 heavy (non-hydrogen) atoms. The van der Waals surface area contributed by atoms with Crippen molar-refractivity contribution < 1.29 is 44.8 Å². The average molecular weight is 1580 g/mol. The van der Waals surface area contributed by atoms with Crippen LogP contribution in [0, 0.1) is 24.7 Å². The minimum atomic E-state index is -1.23. The van der Waals surface area contributed by atoms with E-state index in [1.54, 1.807) is 0 Å². The number of fused-ring (bicyclic) bond motifs is 5. The van der Waals surface area contributed by atoms with E-state index in [1.807, 2.05) is 36.4 Å². The van der Waals surface area contributed by atoms with Crippen LogP contribution in [-0.4, -0.2) is 0 Å². The molecule has 4 heteroatoms. The minimum absolute atomic E-state index is 0. The third-order valence-electron chi connectivity index (χ3n) is 17.0. The van der Waals surface area contributed by atoms with Crippen molar-refractivity contribution in [3.8, 4) is 23.0 Å². The zero-order valence-corrected chi connectivity index (χ0v) is 57.0. The predicted molar refractivity (Wildman–Crippen MR) is 389 cm³/mol. The molecule has 0 spiro atoms. The molecular weight excluding hydrogens is 1510 g/mol. The fourth-order valence-corrected chi connectivity index (χ4v) is 18.8. The summed E-state index contributed by atoms with van der Waals surface area (Å²) in [5, 5.41) is 9.76. The molecule has 0 radical (unpaired) electrons. The smallest absolute Gasteiger partial charge is 0.366 e. The van der Waals surface area contributed by atoms with E-state index < -0.39 is 21.3 Å². The first-order chi connectivity index (χ1) is 44.5. The molecule has 0 aromatic heterocycles. The Morgan fingerprint density at radius 1 is 0.402 bits per heavy atom. The first-order valence-electron chi connectivity index (χ1n) is 30.4. The Balaban J connectivity index is 0.000000152. The third-order valence-corrected chi connectivity index (χ3v) is 22.5. The van der Waals surface area contributed by atoms with Crippen LogP contribution in [0.3, 0.4) is 0 Å². The van der Waals surface area contributed by atoms with Crippen LogP contribution >= 0.6 is 15.8 Å². The van der Waals surface area contributed by atoms with Crippen molar-refractivity contribution >= 4 is 59.2 Å². The van der Waals surface area contributed by atoms with Gasteiger partial charge in [-0.2, -0.15) is 6.58 Å². The van der Waals surface area contributed by atoms with Gasteiger partial charge in [0.25, 0.3) is 0 Å². The third kappa shape index (κ3) is 13.4. The Morgan fingerprint density at radius 2 is 0.837 bits per heavy atom. The maximum absolute atomic E-state index is 7.57. The standard InChI is InChI=1S/C34H28P2.C27H17.C27H19.2Au/c1-2-3-4-16-25-35(30-19-8-5-9-20-30)33-26-28-17-14-15-18-29(28)27-34(33)36(31-21-10-6-11-22-31)32-23-12-7-13-24-32;1-2-20-17-18-26-24(19-20)23-15-9-10-16-25(23)27(26,21-11-5-3-6-12-21)22-13-7-4-8-14-22;1-3-21(2)18-19-25-20-22-12-10-11-17-26(22)27(25,23-13-6-4-7-14-23)24-15-8-5-9-16-24;;/h2-27H,1H2;3-19H;4-20H,2H2;;/q;2*-1;2*+1/p+2/b4-3-,25-16+;;19-18-;;. The summed E-state index contributed by atoms with van der Waals surface area (Å²) in [5.41, 5.74) is 14.2. The molecule has 12 aromatic rings. The van der Waals surface area contributed by atoms with E-state index in [0.717, 1.165) is 11.1 Å². The Morgan fingerprint density at radius 3 is 1.35 bits per heavy atom. The monoisotopic (exact) mass is 1580 g/mol. The molecule has 2 aliphatic carbocycles. The van der Waals surface area contributed by atoms with E-state index in [-0.39, 0.29) is 50.2 Å².